The zero-order valence-corrected chi connectivity index (χ0v) is 15.4. The molecule has 2 atom stereocenters. The summed E-state index contributed by atoms with van der Waals surface area (Å²) in [4.78, 5) is 19.1. The molecule has 1 saturated heterocycles. The number of benzene rings is 1. The Bertz CT molecular complexity index is 889. The maximum absolute atomic E-state index is 12.8. The van der Waals surface area contributed by atoms with E-state index in [0.717, 1.165) is 5.56 Å². The van der Waals surface area contributed by atoms with Gasteiger partial charge in [-0.2, -0.15) is 11.3 Å². The van der Waals surface area contributed by atoms with Crippen molar-refractivity contribution in [3.63, 3.8) is 0 Å². The number of aryl methyl sites for hydroxylation is 1. The molecule has 2 N–H and O–H groups in total. The van der Waals surface area contributed by atoms with Gasteiger partial charge in [-0.05, 0) is 23.9 Å². The fourth-order valence-corrected chi connectivity index (χ4v) is 4.07. The third-order valence-corrected chi connectivity index (χ3v) is 5.61. The highest BCUT2D eigenvalue weighted by Gasteiger charge is 2.34. The minimum Gasteiger partial charge on any atom is -0.441 e. The maximum atomic E-state index is 12.8. The first-order chi connectivity index (χ1) is 12.6. The number of thiophene rings is 1. The molecule has 0 saturated carbocycles. The molecule has 26 heavy (non-hydrogen) atoms. The zero-order chi connectivity index (χ0) is 18.1. The molecular formula is C20H21N3O2S. The minimum atomic E-state index is -0.0406. The largest absolute Gasteiger partial charge is 0.441 e. The van der Waals surface area contributed by atoms with Crippen LogP contribution in [0.25, 0.3) is 11.5 Å². The van der Waals surface area contributed by atoms with Gasteiger partial charge in [0.15, 0.2) is 0 Å². The lowest BCUT2D eigenvalue weighted by molar-refractivity contribution is -0.129. The summed E-state index contributed by atoms with van der Waals surface area (Å²) in [5.74, 6) is 1.50. The molecule has 6 heteroatoms. The lowest BCUT2D eigenvalue weighted by Gasteiger charge is -2.16. The van der Waals surface area contributed by atoms with Gasteiger partial charge in [0.25, 0.3) is 0 Å². The van der Waals surface area contributed by atoms with Gasteiger partial charge in [-0.25, -0.2) is 4.98 Å². The molecular weight excluding hydrogens is 346 g/mol. The molecule has 3 aromatic rings. The number of carbonyl (C=O) groups is 1. The number of oxazole rings is 1. The number of nitrogens with zero attached hydrogens (tertiary/aromatic N) is 2. The van der Waals surface area contributed by atoms with E-state index in [-0.39, 0.29) is 24.3 Å². The molecule has 1 fully saturated rings. The number of likely N-dealkylation sites (tertiary alicyclic amines) is 1. The van der Waals surface area contributed by atoms with Crippen molar-refractivity contribution in [2.24, 2.45) is 5.73 Å². The van der Waals surface area contributed by atoms with E-state index in [4.69, 9.17) is 10.2 Å². The van der Waals surface area contributed by atoms with Crippen LogP contribution in [0, 0.1) is 6.92 Å². The molecule has 1 aromatic carbocycles. The lowest BCUT2D eigenvalue weighted by Crippen LogP contribution is -2.33. The van der Waals surface area contributed by atoms with Crippen molar-refractivity contribution in [2.45, 2.75) is 25.3 Å². The zero-order valence-electron chi connectivity index (χ0n) is 14.6. The van der Waals surface area contributed by atoms with E-state index in [2.05, 4.69) is 17.1 Å². The predicted octanol–water partition coefficient (Wildman–Crippen LogP) is 3.21. The number of hydrogen-bond donors (Lipinski definition) is 1. The minimum absolute atomic E-state index is 0.0406. The Hall–Kier alpha value is -2.44. The van der Waals surface area contributed by atoms with Crippen molar-refractivity contribution in [1.29, 1.82) is 0 Å². The molecule has 0 unspecified atom stereocenters. The van der Waals surface area contributed by atoms with E-state index in [0.29, 0.717) is 30.4 Å². The van der Waals surface area contributed by atoms with Crippen LogP contribution in [0.15, 0.2) is 51.6 Å². The van der Waals surface area contributed by atoms with Crippen molar-refractivity contribution >= 4 is 17.2 Å². The monoisotopic (exact) mass is 367 g/mol. The second-order valence-corrected chi connectivity index (χ2v) is 7.47. The fourth-order valence-electron chi connectivity index (χ4n) is 3.44. The highest BCUT2D eigenvalue weighted by atomic mass is 32.1. The standard InChI is InChI=1S/C20H21N3O2S/c1-13-18(22-20(25-13)15-7-8-26-12-15)9-19(24)23-10-16(17(21)11-23)14-5-3-2-4-6-14/h2-8,12,16-17H,9-11,21H2,1H3/t16-,17+/m0/s1. The summed E-state index contributed by atoms with van der Waals surface area (Å²) in [6.45, 7) is 3.08. The summed E-state index contributed by atoms with van der Waals surface area (Å²) < 4.78 is 5.73. The maximum Gasteiger partial charge on any atom is 0.228 e. The molecule has 0 spiro atoms. The van der Waals surface area contributed by atoms with Gasteiger partial charge >= 0.3 is 0 Å². The van der Waals surface area contributed by atoms with E-state index < -0.39 is 0 Å². The van der Waals surface area contributed by atoms with Crippen molar-refractivity contribution in [3.8, 4) is 11.5 Å². The highest BCUT2D eigenvalue weighted by Crippen LogP contribution is 2.28. The second-order valence-electron chi connectivity index (χ2n) is 6.69. The van der Waals surface area contributed by atoms with Gasteiger partial charge < -0.3 is 15.1 Å². The van der Waals surface area contributed by atoms with Gasteiger partial charge in [-0.1, -0.05) is 30.3 Å². The van der Waals surface area contributed by atoms with Crippen LogP contribution >= 0.6 is 11.3 Å². The van der Waals surface area contributed by atoms with Crippen molar-refractivity contribution < 1.29 is 9.21 Å². The SMILES string of the molecule is Cc1oc(-c2ccsc2)nc1CC(=O)N1C[C@@H](N)[C@H](c2ccccc2)C1. The molecule has 1 aliphatic heterocycles. The molecule has 3 heterocycles. The summed E-state index contributed by atoms with van der Waals surface area (Å²) in [5.41, 5.74) is 9.14. The summed E-state index contributed by atoms with van der Waals surface area (Å²) in [6.07, 6.45) is 0.244. The lowest BCUT2D eigenvalue weighted by atomic mass is 9.95. The number of nitrogens with two attached hydrogens (primary N) is 1. The molecule has 2 aromatic heterocycles. The molecule has 0 radical (unpaired) electrons. The Morgan fingerprint density at radius 2 is 2.12 bits per heavy atom. The van der Waals surface area contributed by atoms with Crippen LogP contribution in [0.4, 0.5) is 0 Å². The summed E-state index contributed by atoms with van der Waals surface area (Å²) in [7, 11) is 0. The summed E-state index contributed by atoms with van der Waals surface area (Å²) in [6, 6.07) is 12.1. The number of hydrogen-bond acceptors (Lipinski definition) is 5. The first kappa shape index (κ1) is 17.0. The molecule has 134 valence electrons. The Morgan fingerprint density at radius 3 is 2.85 bits per heavy atom. The van der Waals surface area contributed by atoms with Gasteiger partial charge in [0.2, 0.25) is 11.8 Å². The number of rotatable bonds is 4. The second kappa shape index (κ2) is 7.05. The first-order valence-corrected chi connectivity index (χ1v) is 9.63. The molecule has 5 nitrogen and oxygen atoms in total. The van der Waals surface area contributed by atoms with Crippen LogP contribution in [0.2, 0.25) is 0 Å². The number of amides is 1. The van der Waals surface area contributed by atoms with E-state index in [1.165, 1.54) is 5.56 Å². The molecule has 0 aliphatic carbocycles. The van der Waals surface area contributed by atoms with Gasteiger partial charge in [-0.15, -0.1) is 0 Å². The van der Waals surface area contributed by atoms with Crippen molar-refractivity contribution in [1.82, 2.24) is 9.88 Å². The van der Waals surface area contributed by atoms with Crippen LogP contribution in [0.5, 0.6) is 0 Å². The number of aromatic nitrogens is 1. The number of carbonyl (C=O) groups excluding carboxylic acids is 1. The quantitative estimate of drug-likeness (QED) is 0.768. The third kappa shape index (κ3) is 3.30. The normalized spacial score (nSPS) is 19.8. The average molecular weight is 367 g/mol. The Labute approximate surface area is 156 Å². The van der Waals surface area contributed by atoms with Gasteiger partial charge in [0.05, 0.1) is 12.1 Å². The molecule has 1 aliphatic rings. The Balaban J connectivity index is 1.46. The van der Waals surface area contributed by atoms with E-state index >= 15 is 0 Å². The smallest absolute Gasteiger partial charge is 0.228 e. The predicted molar refractivity (Wildman–Crippen MR) is 102 cm³/mol. The van der Waals surface area contributed by atoms with Gasteiger partial charge in [0.1, 0.15) is 5.76 Å². The summed E-state index contributed by atoms with van der Waals surface area (Å²) in [5, 5.41) is 3.97. The molecule has 1 amide bonds. The van der Waals surface area contributed by atoms with E-state index in [9.17, 15) is 4.79 Å². The Morgan fingerprint density at radius 1 is 1.31 bits per heavy atom. The van der Waals surface area contributed by atoms with Crippen LogP contribution in [0.3, 0.4) is 0 Å². The average Bonchev–Trinajstić information content (AvgIpc) is 3.36. The van der Waals surface area contributed by atoms with Crippen molar-refractivity contribution in [3.05, 3.63) is 64.2 Å². The van der Waals surface area contributed by atoms with Crippen LogP contribution in [-0.4, -0.2) is 34.9 Å². The highest BCUT2D eigenvalue weighted by molar-refractivity contribution is 7.08. The first-order valence-electron chi connectivity index (χ1n) is 8.69. The summed E-state index contributed by atoms with van der Waals surface area (Å²) >= 11 is 1.59. The fraction of sp³-hybridized carbons (Fsp3) is 0.300. The Kier molecular flexibility index (Phi) is 4.61. The van der Waals surface area contributed by atoms with Crippen molar-refractivity contribution in [2.75, 3.05) is 13.1 Å². The van der Waals surface area contributed by atoms with Gasteiger partial charge in [0, 0.05) is 36.0 Å². The van der Waals surface area contributed by atoms with Gasteiger partial charge in [-0.3, -0.25) is 4.79 Å². The van der Waals surface area contributed by atoms with E-state index in [1.54, 1.807) is 11.3 Å². The van der Waals surface area contributed by atoms with E-state index in [1.807, 2.05) is 46.8 Å². The molecule has 4 rings (SSSR count). The molecule has 0 bridgehead atoms. The topological polar surface area (TPSA) is 72.4 Å². The van der Waals surface area contributed by atoms with Crippen LogP contribution in [0.1, 0.15) is 22.9 Å². The third-order valence-electron chi connectivity index (χ3n) is 4.93. The van der Waals surface area contributed by atoms with Crippen LogP contribution < -0.4 is 5.73 Å². The van der Waals surface area contributed by atoms with Crippen LogP contribution in [-0.2, 0) is 11.2 Å².